The summed E-state index contributed by atoms with van der Waals surface area (Å²) in [5.41, 5.74) is 0.741. The molecule has 1 unspecified atom stereocenters. The van der Waals surface area contributed by atoms with E-state index in [2.05, 4.69) is 32.6 Å². The molecule has 2 rings (SSSR count). The summed E-state index contributed by atoms with van der Waals surface area (Å²) in [7, 11) is 0. The molecule has 3 nitrogen and oxygen atoms in total. The van der Waals surface area contributed by atoms with Crippen molar-refractivity contribution in [1.29, 1.82) is 0 Å². The molecule has 0 heterocycles. The summed E-state index contributed by atoms with van der Waals surface area (Å²) in [6, 6.07) is 20.0. The Morgan fingerprint density at radius 1 is 0.852 bits per heavy atom. The molecule has 1 atom stereocenters. The van der Waals surface area contributed by atoms with Gasteiger partial charge in [0.05, 0.1) is 6.61 Å². The van der Waals surface area contributed by atoms with Crippen LogP contribution in [-0.4, -0.2) is 42.9 Å². The van der Waals surface area contributed by atoms with Gasteiger partial charge in [-0.2, -0.15) is 0 Å². The number of rotatable bonds is 11. The average Bonchev–Trinajstić information content (AvgIpc) is 2.71. The Balaban J connectivity index is 2.45. The first-order valence-electron chi connectivity index (χ1n) is 10.2. The van der Waals surface area contributed by atoms with Gasteiger partial charge in [0.2, 0.25) is 0 Å². The van der Waals surface area contributed by atoms with E-state index in [0.717, 1.165) is 30.8 Å². The minimum atomic E-state index is -1.10. The molecular weight excluding hydrogens is 334 g/mol. The lowest BCUT2D eigenvalue weighted by molar-refractivity contribution is -0.0468. The van der Waals surface area contributed by atoms with Crippen molar-refractivity contribution in [2.45, 2.75) is 33.3 Å². The lowest BCUT2D eigenvalue weighted by Crippen LogP contribution is -2.46. The lowest BCUT2D eigenvalue weighted by Gasteiger charge is -2.39. The molecule has 0 aliphatic carbocycles. The standard InChI is InChI=1S/C24H35NO2/c1-5-25(6-2)17-23(19-27-18-20(3)4)24(26,21-13-9-7-10-14-21)22-15-11-8-12-16-22/h7-16,20,23,26H,5-6,17-19H2,1-4H3. The van der Waals surface area contributed by atoms with Crippen LogP contribution in [-0.2, 0) is 10.3 Å². The van der Waals surface area contributed by atoms with E-state index in [-0.39, 0.29) is 5.92 Å². The molecule has 148 valence electrons. The average molecular weight is 370 g/mol. The van der Waals surface area contributed by atoms with E-state index in [9.17, 15) is 5.11 Å². The number of nitrogens with zero attached hydrogens (tertiary/aromatic N) is 1. The Morgan fingerprint density at radius 2 is 1.33 bits per heavy atom. The zero-order valence-corrected chi connectivity index (χ0v) is 17.3. The Morgan fingerprint density at radius 3 is 1.74 bits per heavy atom. The molecule has 2 aromatic carbocycles. The number of hydrogen-bond donors (Lipinski definition) is 1. The second-order valence-corrected chi connectivity index (χ2v) is 7.61. The van der Waals surface area contributed by atoms with Crippen LogP contribution in [0.2, 0.25) is 0 Å². The van der Waals surface area contributed by atoms with E-state index in [1.165, 1.54) is 0 Å². The fourth-order valence-corrected chi connectivity index (χ4v) is 3.57. The van der Waals surface area contributed by atoms with Crippen LogP contribution >= 0.6 is 0 Å². The number of hydrogen-bond acceptors (Lipinski definition) is 3. The molecule has 2 aromatic rings. The summed E-state index contributed by atoms with van der Waals surface area (Å²) in [6.45, 7) is 12.6. The second kappa shape index (κ2) is 10.6. The maximum Gasteiger partial charge on any atom is 0.121 e. The smallest absolute Gasteiger partial charge is 0.121 e. The molecule has 0 saturated heterocycles. The molecule has 27 heavy (non-hydrogen) atoms. The van der Waals surface area contributed by atoms with E-state index < -0.39 is 5.60 Å². The summed E-state index contributed by atoms with van der Waals surface area (Å²) in [4.78, 5) is 2.36. The lowest BCUT2D eigenvalue weighted by atomic mass is 9.76. The van der Waals surface area contributed by atoms with Gasteiger partial charge in [0.25, 0.3) is 0 Å². The zero-order valence-electron chi connectivity index (χ0n) is 17.3. The minimum absolute atomic E-state index is 0.0686. The quantitative estimate of drug-likeness (QED) is 0.630. The van der Waals surface area contributed by atoms with Crippen molar-refractivity contribution in [1.82, 2.24) is 4.90 Å². The predicted molar refractivity (Wildman–Crippen MR) is 113 cm³/mol. The summed E-state index contributed by atoms with van der Waals surface area (Å²) in [6.07, 6.45) is 0. The van der Waals surface area contributed by atoms with Gasteiger partial charge in [0.15, 0.2) is 0 Å². The normalized spacial score (nSPS) is 13.3. The van der Waals surface area contributed by atoms with E-state index >= 15 is 0 Å². The molecule has 0 aliphatic rings. The third kappa shape index (κ3) is 5.65. The van der Waals surface area contributed by atoms with Crippen LogP contribution < -0.4 is 0 Å². The fraction of sp³-hybridized carbons (Fsp3) is 0.500. The van der Waals surface area contributed by atoms with Gasteiger partial charge in [0.1, 0.15) is 5.60 Å². The molecule has 0 fully saturated rings. The third-order valence-corrected chi connectivity index (χ3v) is 5.16. The van der Waals surface area contributed by atoms with Crippen LogP contribution in [0.5, 0.6) is 0 Å². The van der Waals surface area contributed by atoms with Gasteiger partial charge in [-0.3, -0.25) is 0 Å². The highest BCUT2D eigenvalue weighted by molar-refractivity contribution is 5.37. The Hall–Kier alpha value is -1.68. The first kappa shape index (κ1) is 21.6. The highest BCUT2D eigenvalue weighted by Gasteiger charge is 2.40. The van der Waals surface area contributed by atoms with Crippen molar-refractivity contribution in [2.24, 2.45) is 11.8 Å². The second-order valence-electron chi connectivity index (χ2n) is 7.61. The largest absolute Gasteiger partial charge is 0.381 e. The number of benzene rings is 2. The fourth-order valence-electron chi connectivity index (χ4n) is 3.57. The summed E-state index contributed by atoms with van der Waals surface area (Å²) in [5, 5.41) is 12.1. The number of aliphatic hydroxyl groups is 1. The Labute approximate surface area is 165 Å². The van der Waals surface area contributed by atoms with Crippen LogP contribution in [0.1, 0.15) is 38.8 Å². The van der Waals surface area contributed by atoms with Gasteiger partial charge in [-0.15, -0.1) is 0 Å². The highest BCUT2D eigenvalue weighted by Crippen LogP contribution is 2.37. The van der Waals surface area contributed by atoms with Crippen molar-refractivity contribution in [3.63, 3.8) is 0 Å². The van der Waals surface area contributed by atoms with Crippen LogP contribution in [0, 0.1) is 11.8 Å². The molecular formula is C24H35NO2. The van der Waals surface area contributed by atoms with Crippen molar-refractivity contribution in [3.8, 4) is 0 Å². The maximum absolute atomic E-state index is 12.1. The predicted octanol–water partition coefficient (Wildman–Crippen LogP) is 4.55. The molecule has 0 saturated carbocycles. The summed E-state index contributed by atoms with van der Waals surface area (Å²) < 4.78 is 6.05. The minimum Gasteiger partial charge on any atom is -0.381 e. The van der Waals surface area contributed by atoms with Gasteiger partial charge in [0, 0.05) is 19.1 Å². The molecule has 0 aliphatic heterocycles. The van der Waals surface area contributed by atoms with Crippen molar-refractivity contribution in [2.75, 3.05) is 32.8 Å². The van der Waals surface area contributed by atoms with Crippen molar-refractivity contribution < 1.29 is 9.84 Å². The summed E-state index contributed by atoms with van der Waals surface area (Å²) in [5.74, 6) is 0.404. The topological polar surface area (TPSA) is 32.7 Å². The molecule has 0 radical (unpaired) electrons. The summed E-state index contributed by atoms with van der Waals surface area (Å²) >= 11 is 0. The van der Waals surface area contributed by atoms with E-state index in [4.69, 9.17) is 4.74 Å². The van der Waals surface area contributed by atoms with Gasteiger partial charge in [-0.25, -0.2) is 0 Å². The molecule has 1 N–H and O–H groups in total. The molecule has 3 heteroatoms. The molecule has 0 aromatic heterocycles. The van der Waals surface area contributed by atoms with E-state index in [1.807, 2.05) is 60.7 Å². The van der Waals surface area contributed by atoms with Crippen molar-refractivity contribution in [3.05, 3.63) is 71.8 Å². The highest BCUT2D eigenvalue weighted by atomic mass is 16.5. The van der Waals surface area contributed by atoms with Crippen LogP contribution in [0.3, 0.4) is 0 Å². The van der Waals surface area contributed by atoms with Gasteiger partial charge in [-0.1, -0.05) is 88.4 Å². The van der Waals surface area contributed by atoms with Gasteiger partial charge < -0.3 is 14.7 Å². The Kier molecular flexibility index (Phi) is 8.49. The Bertz CT molecular complexity index is 598. The zero-order chi connectivity index (χ0) is 19.7. The first-order chi connectivity index (χ1) is 13.0. The first-order valence-corrected chi connectivity index (χ1v) is 10.2. The SMILES string of the molecule is CCN(CC)CC(COCC(C)C)C(O)(c1ccccc1)c1ccccc1. The van der Waals surface area contributed by atoms with Crippen LogP contribution in [0.4, 0.5) is 0 Å². The van der Waals surface area contributed by atoms with Crippen molar-refractivity contribution >= 4 is 0 Å². The maximum atomic E-state index is 12.1. The molecule has 0 amide bonds. The van der Waals surface area contributed by atoms with Crippen LogP contribution in [0.15, 0.2) is 60.7 Å². The van der Waals surface area contributed by atoms with Crippen LogP contribution in [0.25, 0.3) is 0 Å². The monoisotopic (exact) mass is 369 g/mol. The van der Waals surface area contributed by atoms with E-state index in [0.29, 0.717) is 19.1 Å². The molecule has 0 spiro atoms. The van der Waals surface area contributed by atoms with Gasteiger partial charge in [-0.05, 0) is 30.1 Å². The number of ether oxygens (including phenoxy) is 1. The third-order valence-electron chi connectivity index (χ3n) is 5.16. The van der Waals surface area contributed by atoms with Gasteiger partial charge >= 0.3 is 0 Å². The van der Waals surface area contributed by atoms with E-state index in [1.54, 1.807) is 0 Å². The molecule has 0 bridgehead atoms.